The number of nitrogens with one attached hydrogen (secondary N) is 1. The lowest BCUT2D eigenvalue weighted by molar-refractivity contribution is -0.119. The molecule has 8 atom stereocenters. The molecule has 0 spiro atoms. The summed E-state index contributed by atoms with van der Waals surface area (Å²) < 4.78 is 3.09. The molecule has 1 aromatic heterocycles. The number of aromatic nitrogens is 1. The van der Waals surface area contributed by atoms with E-state index in [1.54, 1.807) is 0 Å². The SMILES string of the molecule is CC.CC12CCCCC1CCC1C2CCC2(C)C(CCCC(=O)NSc3cccc4cccnc34)CCC12.CC1CCCCC1(C)C.CO.Cc1ccc2ccccc2c1. The van der Waals surface area contributed by atoms with Crippen LogP contribution in [0.25, 0.3) is 21.7 Å². The number of hydrogen-bond acceptors (Lipinski definition) is 4. The van der Waals surface area contributed by atoms with E-state index in [0.717, 1.165) is 64.8 Å². The van der Waals surface area contributed by atoms with Crippen LogP contribution in [-0.4, -0.2) is 23.1 Å². The first kappa shape index (κ1) is 48.1. The summed E-state index contributed by atoms with van der Waals surface area (Å²) >= 11 is 1.42. The number of benzene rings is 3. The lowest BCUT2D eigenvalue weighted by atomic mass is 9.45. The quantitative estimate of drug-likeness (QED) is 0.190. The first-order valence-electron chi connectivity index (χ1n) is 24.2. The zero-order valence-corrected chi connectivity index (χ0v) is 40.0. The summed E-state index contributed by atoms with van der Waals surface area (Å²) in [5.41, 5.74) is 4.07. The number of amides is 1. The molecule has 5 aliphatic carbocycles. The first-order valence-corrected chi connectivity index (χ1v) is 25.0. The Balaban J connectivity index is 0.000000231. The second-order valence-corrected chi connectivity index (χ2v) is 20.9. The Morgan fingerprint density at radius 1 is 0.733 bits per heavy atom. The van der Waals surface area contributed by atoms with Gasteiger partial charge in [-0.15, -0.1) is 0 Å². The van der Waals surface area contributed by atoms with Crippen molar-refractivity contribution in [2.24, 2.45) is 51.8 Å². The predicted octanol–water partition coefficient (Wildman–Crippen LogP) is 15.6. The Morgan fingerprint density at radius 3 is 2.18 bits per heavy atom. The smallest absolute Gasteiger partial charge is 0.230 e. The number of carbonyl (C=O) groups is 1. The van der Waals surface area contributed by atoms with Crippen LogP contribution in [0.4, 0.5) is 0 Å². The number of fused-ring (bicyclic) bond motifs is 7. The van der Waals surface area contributed by atoms with Crippen LogP contribution in [0.5, 0.6) is 0 Å². The number of para-hydroxylation sites is 1. The molecule has 5 fully saturated rings. The van der Waals surface area contributed by atoms with Gasteiger partial charge in [0.1, 0.15) is 0 Å². The molecule has 9 rings (SSSR count). The van der Waals surface area contributed by atoms with E-state index in [4.69, 9.17) is 5.11 Å². The van der Waals surface area contributed by atoms with Crippen molar-refractivity contribution in [1.29, 1.82) is 0 Å². The fourth-order valence-electron chi connectivity index (χ4n) is 12.7. The maximum absolute atomic E-state index is 12.7. The second-order valence-electron chi connectivity index (χ2n) is 20.1. The summed E-state index contributed by atoms with van der Waals surface area (Å²) in [6, 6.07) is 25.1. The average molecular weight is 835 g/mol. The molecule has 5 heteroatoms. The molecule has 1 heterocycles. The van der Waals surface area contributed by atoms with Crippen LogP contribution in [0, 0.1) is 58.7 Å². The maximum atomic E-state index is 12.7. The number of carbonyl (C=O) groups excluding carboxylic acids is 1. The number of rotatable bonds is 6. The van der Waals surface area contributed by atoms with E-state index in [0.29, 0.717) is 22.7 Å². The molecule has 5 saturated carbocycles. The summed E-state index contributed by atoms with van der Waals surface area (Å²) in [4.78, 5) is 18.2. The van der Waals surface area contributed by atoms with Gasteiger partial charge in [0.2, 0.25) is 5.91 Å². The lowest BCUT2D eigenvalue weighted by Gasteiger charge is -2.60. The zero-order valence-electron chi connectivity index (χ0n) is 39.2. The number of aliphatic hydroxyl groups is 1. The van der Waals surface area contributed by atoms with Gasteiger partial charge in [0, 0.05) is 25.1 Å². The molecule has 0 aliphatic heterocycles. The van der Waals surface area contributed by atoms with Crippen LogP contribution in [0.1, 0.15) is 163 Å². The molecule has 1 amide bonds. The van der Waals surface area contributed by atoms with E-state index in [-0.39, 0.29) is 5.91 Å². The Labute approximate surface area is 370 Å². The van der Waals surface area contributed by atoms with Gasteiger partial charge in [0.15, 0.2) is 0 Å². The molecule has 60 heavy (non-hydrogen) atoms. The van der Waals surface area contributed by atoms with Crippen LogP contribution < -0.4 is 4.72 Å². The molecule has 2 N–H and O–H groups in total. The van der Waals surface area contributed by atoms with Gasteiger partial charge in [-0.3, -0.25) is 14.5 Å². The van der Waals surface area contributed by atoms with Gasteiger partial charge in [0.25, 0.3) is 0 Å². The largest absolute Gasteiger partial charge is 0.400 e. The van der Waals surface area contributed by atoms with Crippen LogP contribution >= 0.6 is 11.9 Å². The molecule has 0 bridgehead atoms. The third-order valence-electron chi connectivity index (χ3n) is 16.6. The summed E-state index contributed by atoms with van der Waals surface area (Å²) in [5.74, 6) is 5.82. The van der Waals surface area contributed by atoms with E-state index >= 15 is 0 Å². The van der Waals surface area contributed by atoms with Crippen molar-refractivity contribution in [1.82, 2.24) is 9.71 Å². The number of pyridine rings is 1. The fourth-order valence-corrected chi connectivity index (χ4v) is 13.4. The van der Waals surface area contributed by atoms with Gasteiger partial charge in [-0.2, -0.15) is 0 Å². The summed E-state index contributed by atoms with van der Waals surface area (Å²) in [6.45, 7) is 18.6. The molecule has 4 nitrogen and oxygen atoms in total. The summed E-state index contributed by atoms with van der Waals surface area (Å²) in [6.07, 6.45) is 25.2. The number of hydrogen-bond donors (Lipinski definition) is 2. The van der Waals surface area contributed by atoms with Crippen molar-refractivity contribution in [3.8, 4) is 0 Å². The Kier molecular flexibility index (Phi) is 18.0. The van der Waals surface area contributed by atoms with Gasteiger partial charge in [-0.05, 0) is 164 Å². The van der Waals surface area contributed by atoms with Crippen LogP contribution in [0.3, 0.4) is 0 Å². The van der Waals surface area contributed by atoms with E-state index in [1.165, 1.54) is 125 Å². The highest BCUT2D eigenvalue weighted by molar-refractivity contribution is 7.98. The van der Waals surface area contributed by atoms with Crippen LogP contribution in [-0.2, 0) is 4.79 Å². The van der Waals surface area contributed by atoms with Crippen molar-refractivity contribution < 1.29 is 9.90 Å². The Hall–Kier alpha value is -2.89. The number of aliphatic hydroxyl groups excluding tert-OH is 1. The number of aryl methyl sites for hydroxylation is 1. The van der Waals surface area contributed by atoms with Gasteiger partial charge < -0.3 is 5.11 Å². The minimum absolute atomic E-state index is 0.153. The highest BCUT2D eigenvalue weighted by Crippen LogP contribution is 2.68. The van der Waals surface area contributed by atoms with E-state index in [2.05, 4.69) is 106 Å². The van der Waals surface area contributed by atoms with E-state index in [1.807, 2.05) is 38.2 Å². The molecule has 0 saturated heterocycles. The van der Waals surface area contributed by atoms with Crippen molar-refractivity contribution >= 4 is 39.5 Å². The monoisotopic (exact) mass is 835 g/mol. The molecule has 8 unspecified atom stereocenters. The highest BCUT2D eigenvalue weighted by Gasteiger charge is 2.59. The third kappa shape index (κ3) is 11.4. The topological polar surface area (TPSA) is 62.2 Å². The number of nitrogens with zero attached hydrogens (tertiary/aromatic N) is 1. The van der Waals surface area contributed by atoms with Crippen molar-refractivity contribution in [3.63, 3.8) is 0 Å². The fraction of sp³-hybridized carbons (Fsp3) is 0.636. The van der Waals surface area contributed by atoms with Gasteiger partial charge in [0.05, 0.1) is 10.4 Å². The maximum Gasteiger partial charge on any atom is 0.230 e. The molecular formula is C55H82N2O2S. The summed E-state index contributed by atoms with van der Waals surface area (Å²) in [7, 11) is 1.00. The molecule has 3 aromatic carbocycles. The lowest BCUT2D eigenvalue weighted by Crippen LogP contribution is -2.52. The average Bonchev–Trinajstić information content (AvgIpc) is 3.61. The van der Waals surface area contributed by atoms with Crippen molar-refractivity contribution in [3.05, 3.63) is 84.6 Å². The molecule has 5 aliphatic rings. The van der Waals surface area contributed by atoms with Crippen LogP contribution in [0.15, 0.2) is 83.9 Å². The van der Waals surface area contributed by atoms with Crippen molar-refractivity contribution in [2.75, 3.05) is 7.11 Å². The van der Waals surface area contributed by atoms with Gasteiger partial charge in [-0.1, -0.05) is 147 Å². The first-order chi connectivity index (χ1) is 29.0. The molecule has 4 aromatic rings. The van der Waals surface area contributed by atoms with Gasteiger partial charge in [-0.25, -0.2) is 0 Å². The third-order valence-corrected chi connectivity index (χ3v) is 17.4. The Morgan fingerprint density at radius 2 is 1.43 bits per heavy atom. The minimum atomic E-state index is 0.153. The second kappa shape index (κ2) is 22.5. The molecule has 330 valence electrons. The standard InChI is InChI=1S/C32H44N2OS.C11H10.C9H18.C2H6.CH4O/c1-31-19-4-3-10-23(31)14-16-25-26-17-15-24(32(26,2)20-18-27(25)31)11-6-13-29(35)34-36-28-12-5-8-22-9-7-21-33-30(22)28;1-9-6-7-10-4-2-3-5-11(10)8-9;1-8-6-4-5-7-9(8,2)3;2*1-2/h5,7-9,12,21,23-27H,3-4,6,10-11,13-20H2,1-2H3,(H,34,35);2-8H,1H3;8H,4-7H2,1-3H3;1-2H3;2H,1H3. The molecule has 0 radical (unpaired) electrons. The van der Waals surface area contributed by atoms with Crippen LogP contribution in [0.2, 0.25) is 0 Å². The minimum Gasteiger partial charge on any atom is -0.400 e. The Bertz CT molecular complexity index is 1920. The predicted molar refractivity (Wildman–Crippen MR) is 259 cm³/mol. The van der Waals surface area contributed by atoms with Crippen molar-refractivity contribution in [2.45, 2.75) is 169 Å². The van der Waals surface area contributed by atoms with E-state index in [9.17, 15) is 4.79 Å². The molecular weight excluding hydrogens is 753 g/mol. The zero-order chi connectivity index (χ0) is 43.3. The normalized spacial score (nSPS) is 29.8. The van der Waals surface area contributed by atoms with E-state index < -0.39 is 0 Å². The highest BCUT2D eigenvalue weighted by atomic mass is 32.2. The summed E-state index contributed by atoms with van der Waals surface area (Å²) in [5, 5.41) is 10.8. The van der Waals surface area contributed by atoms with Gasteiger partial charge >= 0.3 is 0 Å².